The van der Waals surface area contributed by atoms with Crippen LogP contribution in [-0.2, 0) is 10.3 Å². The van der Waals surface area contributed by atoms with Crippen LogP contribution in [0.25, 0.3) is 16.9 Å². The fourth-order valence-corrected chi connectivity index (χ4v) is 9.83. The van der Waals surface area contributed by atoms with E-state index < -0.39 is 22.3 Å². The number of nitrogens with zero attached hydrogens (tertiary/aromatic N) is 4. The molecule has 1 amide bonds. The van der Waals surface area contributed by atoms with Gasteiger partial charge in [-0.3, -0.25) is 24.6 Å². The van der Waals surface area contributed by atoms with E-state index in [2.05, 4.69) is 10.2 Å². The monoisotopic (exact) mass is 683 g/mol. The zero-order chi connectivity index (χ0) is 34.1. The normalized spacial score (nSPS) is 26.7. The first-order valence-corrected chi connectivity index (χ1v) is 17.6. The molecule has 6 atom stereocenters. The number of hydrogen-bond donors (Lipinski definition) is 1. The van der Waals surface area contributed by atoms with Crippen LogP contribution in [-0.4, -0.2) is 43.4 Å². The molecule has 1 aromatic heterocycles. The summed E-state index contributed by atoms with van der Waals surface area (Å²) in [4.78, 5) is 43.9. The van der Waals surface area contributed by atoms with Gasteiger partial charge in [-0.1, -0.05) is 73.0 Å². The molecule has 50 heavy (non-hydrogen) atoms. The third kappa shape index (κ3) is 4.53. The lowest BCUT2D eigenvalue weighted by atomic mass is 9.67. The van der Waals surface area contributed by atoms with Gasteiger partial charge < -0.3 is 5.32 Å². The van der Waals surface area contributed by atoms with Crippen molar-refractivity contribution < 1.29 is 14.5 Å². The first-order valence-electron chi connectivity index (χ1n) is 17.2. The largest absolute Gasteiger partial charge is 0.324 e. The molecular weight excluding hydrogens is 650 g/mol. The van der Waals surface area contributed by atoms with Crippen molar-refractivity contribution in [2.24, 2.45) is 11.8 Å². The summed E-state index contributed by atoms with van der Waals surface area (Å²) in [6.07, 6.45) is 7.09. The van der Waals surface area contributed by atoms with E-state index in [9.17, 15) is 14.9 Å². The fraction of sp³-hybridized carbons (Fsp3) is 0.275. The molecule has 1 aliphatic carbocycles. The van der Waals surface area contributed by atoms with E-state index in [4.69, 9.17) is 16.7 Å². The van der Waals surface area contributed by atoms with Gasteiger partial charge in [-0.05, 0) is 67.6 Å². The molecule has 10 heteroatoms. The number of amides is 1. The molecule has 3 aliphatic heterocycles. The SMILES string of the molecule is O=C(c1ccc([N+](=O)[O-])cc1)[C@H]1[C@H](c2cn(-c3ccccc3)nc2-c2ccccc2)[C@@H]2CC3CCCCC3N2[C@]12C(=O)Nc1ccc(Cl)cc12. The van der Waals surface area contributed by atoms with Crippen LogP contribution < -0.4 is 5.32 Å². The number of aromatic nitrogens is 2. The lowest BCUT2D eigenvalue weighted by molar-refractivity contribution is -0.384. The lowest BCUT2D eigenvalue weighted by Gasteiger charge is -2.43. The number of benzene rings is 4. The summed E-state index contributed by atoms with van der Waals surface area (Å²) in [6.45, 7) is 0. The molecule has 0 radical (unpaired) electrons. The zero-order valence-corrected chi connectivity index (χ0v) is 27.9. The van der Waals surface area contributed by atoms with E-state index in [1.807, 2.05) is 83.7 Å². The Hall–Kier alpha value is -5.12. The van der Waals surface area contributed by atoms with E-state index in [1.54, 1.807) is 6.07 Å². The number of halogens is 1. The maximum Gasteiger partial charge on any atom is 0.269 e. The van der Waals surface area contributed by atoms with E-state index in [0.717, 1.165) is 54.6 Å². The second-order valence-electron chi connectivity index (χ2n) is 14.0. The first-order chi connectivity index (χ1) is 24.4. The van der Waals surface area contributed by atoms with Crippen molar-refractivity contribution in [1.82, 2.24) is 14.7 Å². The highest BCUT2D eigenvalue weighted by molar-refractivity contribution is 6.31. The van der Waals surface area contributed by atoms with Crippen molar-refractivity contribution in [2.45, 2.75) is 55.6 Å². The topological polar surface area (TPSA) is 110 Å². The van der Waals surface area contributed by atoms with Crippen LogP contribution in [0.2, 0.25) is 5.02 Å². The highest BCUT2D eigenvalue weighted by atomic mass is 35.5. The van der Waals surface area contributed by atoms with Crippen molar-refractivity contribution in [1.29, 1.82) is 0 Å². The number of carbonyl (C=O) groups excluding carboxylic acids is 2. The quantitative estimate of drug-likeness (QED) is 0.110. The lowest BCUT2D eigenvalue weighted by Crippen LogP contribution is -2.56. The molecule has 4 aliphatic rings. The number of nitro groups is 1. The number of non-ortho nitro benzene ring substituents is 1. The zero-order valence-electron chi connectivity index (χ0n) is 27.1. The average molecular weight is 684 g/mol. The van der Waals surface area contributed by atoms with Crippen molar-refractivity contribution in [3.05, 3.63) is 141 Å². The number of Topliss-reactive ketones (excluding diaryl/α,β-unsaturated/α-hetero) is 1. The number of nitro benzene ring substituents is 1. The van der Waals surface area contributed by atoms with Crippen LogP contribution in [0.3, 0.4) is 0 Å². The molecule has 9 nitrogen and oxygen atoms in total. The summed E-state index contributed by atoms with van der Waals surface area (Å²) in [6, 6.07) is 31.1. The summed E-state index contributed by atoms with van der Waals surface area (Å²) in [7, 11) is 0. The van der Waals surface area contributed by atoms with Crippen LogP contribution in [0, 0.1) is 22.0 Å². The molecule has 4 aromatic carbocycles. The van der Waals surface area contributed by atoms with E-state index in [0.29, 0.717) is 27.8 Å². The van der Waals surface area contributed by atoms with E-state index in [-0.39, 0.29) is 29.5 Å². The van der Waals surface area contributed by atoms with Gasteiger partial charge in [0, 0.05) is 69.3 Å². The van der Waals surface area contributed by atoms with E-state index >= 15 is 4.79 Å². The van der Waals surface area contributed by atoms with Gasteiger partial charge in [-0.15, -0.1) is 0 Å². The molecule has 9 rings (SSSR count). The number of nitrogens with one attached hydrogen (secondary N) is 1. The van der Waals surface area contributed by atoms with Crippen LogP contribution in [0.5, 0.6) is 0 Å². The molecule has 250 valence electrons. The highest BCUT2D eigenvalue weighted by Gasteiger charge is 2.72. The predicted octanol–water partition coefficient (Wildman–Crippen LogP) is 8.18. The Bertz CT molecular complexity index is 2150. The summed E-state index contributed by atoms with van der Waals surface area (Å²) in [5, 5.41) is 20.4. The second-order valence-corrected chi connectivity index (χ2v) is 14.4. The van der Waals surface area contributed by atoms with Crippen molar-refractivity contribution in [3.63, 3.8) is 0 Å². The number of rotatable bonds is 6. The third-order valence-corrected chi connectivity index (χ3v) is 11.8. The summed E-state index contributed by atoms with van der Waals surface area (Å²) in [5.41, 5.74) is 3.70. The second kappa shape index (κ2) is 11.7. The van der Waals surface area contributed by atoms with E-state index in [1.165, 1.54) is 24.3 Å². The number of hydrogen-bond acceptors (Lipinski definition) is 6. The number of fused-ring (bicyclic) bond motifs is 6. The molecule has 2 unspecified atom stereocenters. The number of para-hydroxylation sites is 1. The highest BCUT2D eigenvalue weighted by Crippen LogP contribution is 2.65. The van der Waals surface area contributed by atoms with Crippen LogP contribution in [0.1, 0.15) is 59.5 Å². The summed E-state index contributed by atoms with van der Waals surface area (Å²) in [5.74, 6) is -1.41. The fourth-order valence-electron chi connectivity index (χ4n) is 9.66. The molecule has 1 N–H and O–H groups in total. The number of ketones is 1. The molecule has 2 saturated heterocycles. The van der Waals surface area contributed by atoms with Crippen LogP contribution in [0.15, 0.2) is 109 Å². The van der Waals surface area contributed by atoms with Gasteiger partial charge in [0.05, 0.1) is 22.2 Å². The minimum atomic E-state index is -1.35. The maximum absolute atomic E-state index is 15.4. The van der Waals surface area contributed by atoms with Crippen LogP contribution in [0.4, 0.5) is 11.4 Å². The Kier molecular flexibility index (Phi) is 7.26. The van der Waals surface area contributed by atoms with Crippen molar-refractivity contribution >= 4 is 34.7 Å². The Morgan fingerprint density at radius 1 is 0.920 bits per heavy atom. The smallest absolute Gasteiger partial charge is 0.269 e. The standard InChI is InChI=1S/C40H34ClN5O4/c41-27-17-20-32-31(22-27)40(39(48)42-32)36(38(47)25-15-18-29(19-16-25)46(49)50)35(34-21-26-11-7-8-14-33(26)45(34)40)30-23-44(28-12-5-2-6-13-28)43-37(30)24-9-3-1-4-10-24/h1-6,9-10,12-13,15-20,22-23,26,33-36H,7-8,11,14,21H2,(H,42,48)/t26?,33?,34-,35+,36+,40-/m0/s1. The molecule has 4 heterocycles. The number of carbonyl (C=O) groups is 2. The van der Waals surface area contributed by atoms with Gasteiger partial charge >= 0.3 is 0 Å². The van der Waals surface area contributed by atoms with Crippen molar-refractivity contribution in [2.75, 3.05) is 5.32 Å². The summed E-state index contributed by atoms with van der Waals surface area (Å²) < 4.78 is 1.88. The van der Waals surface area contributed by atoms with Crippen molar-refractivity contribution in [3.8, 4) is 16.9 Å². The average Bonchev–Trinajstić information content (AvgIpc) is 3.89. The molecule has 1 saturated carbocycles. The predicted molar refractivity (Wildman–Crippen MR) is 190 cm³/mol. The minimum absolute atomic E-state index is 0.101. The maximum atomic E-state index is 15.4. The molecular formula is C40H34ClN5O4. The molecule has 0 bridgehead atoms. The Morgan fingerprint density at radius 3 is 2.38 bits per heavy atom. The molecule has 1 spiro atoms. The third-order valence-electron chi connectivity index (χ3n) is 11.6. The Labute approximate surface area is 294 Å². The molecule has 3 fully saturated rings. The Balaban J connectivity index is 1.33. The number of anilines is 1. The molecule has 5 aromatic rings. The first kappa shape index (κ1) is 30.9. The van der Waals surface area contributed by atoms with Gasteiger partial charge in [0.2, 0.25) is 5.91 Å². The van der Waals surface area contributed by atoms with Gasteiger partial charge in [-0.25, -0.2) is 4.68 Å². The van der Waals surface area contributed by atoms with Gasteiger partial charge in [0.25, 0.3) is 5.69 Å². The van der Waals surface area contributed by atoms with Gasteiger partial charge in [-0.2, -0.15) is 5.10 Å². The van der Waals surface area contributed by atoms with Gasteiger partial charge in [0.15, 0.2) is 5.78 Å². The summed E-state index contributed by atoms with van der Waals surface area (Å²) >= 11 is 6.71. The minimum Gasteiger partial charge on any atom is -0.324 e. The van der Waals surface area contributed by atoms with Gasteiger partial charge in [0.1, 0.15) is 5.54 Å². The van der Waals surface area contributed by atoms with Crippen LogP contribution >= 0.6 is 11.6 Å². The Morgan fingerprint density at radius 2 is 1.64 bits per heavy atom.